The lowest BCUT2D eigenvalue weighted by Crippen LogP contribution is -2.31. The molecule has 0 aliphatic carbocycles. The van der Waals surface area contributed by atoms with Gasteiger partial charge < -0.3 is 15.2 Å². The summed E-state index contributed by atoms with van der Waals surface area (Å²) in [5, 5.41) is 8.90. The fraction of sp³-hybridized carbons (Fsp3) is 0.143. The van der Waals surface area contributed by atoms with Gasteiger partial charge in [-0.2, -0.15) is 13.7 Å². The minimum atomic E-state index is -4.34. The molecule has 0 atom stereocenters. The second-order valence-electron chi connectivity index (χ2n) is 8.74. The molecule has 39 heavy (non-hydrogen) atoms. The maximum Gasteiger partial charge on any atom is 0.281 e. The summed E-state index contributed by atoms with van der Waals surface area (Å²) in [6.45, 7) is 5.68. The molecule has 0 aliphatic heterocycles. The molecule has 0 bridgehead atoms. The first kappa shape index (κ1) is 27.1. The van der Waals surface area contributed by atoms with Gasteiger partial charge >= 0.3 is 0 Å². The number of sulfonamides is 1. The second-order valence-corrected chi connectivity index (χ2v) is 10.4. The Balaban J connectivity index is 1.80. The van der Waals surface area contributed by atoms with E-state index in [0.717, 1.165) is 16.7 Å². The first-order valence-corrected chi connectivity index (χ1v) is 13.2. The highest BCUT2D eigenvalue weighted by Gasteiger charge is 2.25. The maximum absolute atomic E-state index is 13.3. The Labute approximate surface area is 226 Å². The number of nitrogens with zero attached hydrogens (tertiary/aromatic N) is 3. The second kappa shape index (κ2) is 10.8. The minimum Gasteiger partial charge on any atom is -0.495 e. The molecule has 4 aromatic rings. The molecular formula is C28H25N5O5S. The van der Waals surface area contributed by atoms with E-state index in [9.17, 15) is 18.5 Å². The molecule has 0 aliphatic rings. The molecule has 10 nitrogen and oxygen atoms in total. The van der Waals surface area contributed by atoms with Crippen molar-refractivity contribution >= 4 is 21.7 Å². The van der Waals surface area contributed by atoms with Crippen molar-refractivity contribution in [1.82, 2.24) is 14.7 Å². The van der Waals surface area contributed by atoms with Gasteiger partial charge in [-0.15, -0.1) is 0 Å². The highest BCUT2D eigenvalue weighted by molar-refractivity contribution is 7.90. The summed E-state index contributed by atoms with van der Waals surface area (Å²) < 4.78 is 39.2. The van der Waals surface area contributed by atoms with Gasteiger partial charge in [-0.3, -0.25) is 4.79 Å². The molecule has 0 fully saturated rings. The Hall–Kier alpha value is -4.95. The Kier molecular flexibility index (Phi) is 7.51. The zero-order valence-corrected chi connectivity index (χ0v) is 22.5. The lowest BCUT2D eigenvalue weighted by Gasteiger charge is -2.16. The number of hydrogen-bond acceptors (Lipinski definition) is 9. The molecule has 0 radical (unpaired) electrons. The summed E-state index contributed by atoms with van der Waals surface area (Å²) >= 11 is 0. The molecule has 2 aromatic heterocycles. The molecule has 4 rings (SSSR count). The predicted octanol–water partition coefficient (Wildman–Crippen LogP) is 4.44. The van der Waals surface area contributed by atoms with Crippen LogP contribution in [-0.4, -0.2) is 31.4 Å². The van der Waals surface area contributed by atoms with E-state index in [-0.39, 0.29) is 17.3 Å². The SMILES string of the molecule is COc1cc(-c2ccc(C(=O)NS(=O)(=O)c3cccc(N)n3)c(Oc3c(C)cc(C)cc3C)n2)ccc1C#N. The van der Waals surface area contributed by atoms with E-state index < -0.39 is 21.0 Å². The first-order chi connectivity index (χ1) is 18.5. The van der Waals surface area contributed by atoms with Crippen LogP contribution < -0.4 is 19.9 Å². The molecule has 11 heteroatoms. The van der Waals surface area contributed by atoms with Gasteiger partial charge in [-0.25, -0.2) is 14.7 Å². The number of nitriles is 1. The van der Waals surface area contributed by atoms with E-state index in [4.69, 9.17) is 15.2 Å². The molecule has 198 valence electrons. The van der Waals surface area contributed by atoms with Gasteiger partial charge in [0.1, 0.15) is 28.9 Å². The summed E-state index contributed by atoms with van der Waals surface area (Å²) in [6.07, 6.45) is 0. The van der Waals surface area contributed by atoms with Crippen molar-refractivity contribution in [3.8, 4) is 34.7 Å². The van der Waals surface area contributed by atoms with E-state index in [2.05, 4.69) is 16.0 Å². The number of benzene rings is 2. The highest BCUT2D eigenvalue weighted by atomic mass is 32.2. The molecule has 2 aromatic carbocycles. The Morgan fingerprint density at radius 2 is 1.72 bits per heavy atom. The van der Waals surface area contributed by atoms with E-state index in [1.54, 1.807) is 24.3 Å². The number of pyridine rings is 2. The highest BCUT2D eigenvalue weighted by Crippen LogP contribution is 2.33. The number of nitrogens with two attached hydrogens (primary N) is 1. The fourth-order valence-electron chi connectivity index (χ4n) is 4.03. The van der Waals surface area contributed by atoms with Crippen molar-refractivity contribution in [3.05, 3.63) is 88.5 Å². The third-order valence-electron chi connectivity index (χ3n) is 5.77. The van der Waals surface area contributed by atoms with Crippen molar-refractivity contribution in [3.63, 3.8) is 0 Å². The van der Waals surface area contributed by atoms with Crippen molar-refractivity contribution in [2.24, 2.45) is 0 Å². The van der Waals surface area contributed by atoms with Crippen LogP contribution in [0.2, 0.25) is 0 Å². The number of amides is 1. The average Bonchev–Trinajstić information content (AvgIpc) is 2.89. The Morgan fingerprint density at radius 3 is 2.36 bits per heavy atom. The monoisotopic (exact) mass is 543 g/mol. The largest absolute Gasteiger partial charge is 0.495 e. The maximum atomic E-state index is 13.3. The number of nitrogen functional groups attached to an aromatic ring is 1. The quantitative estimate of drug-likeness (QED) is 0.344. The number of methoxy groups -OCH3 is 1. The Morgan fingerprint density at radius 1 is 1.00 bits per heavy atom. The number of ether oxygens (including phenoxy) is 2. The number of aromatic nitrogens is 2. The first-order valence-electron chi connectivity index (χ1n) is 11.7. The number of hydrogen-bond donors (Lipinski definition) is 2. The smallest absolute Gasteiger partial charge is 0.281 e. The lowest BCUT2D eigenvalue weighted by atomic mass is 10.1. The third kappa shape index (κ3) is 5.81. The topological polar surface area (TPSA) is 157 Å². The van der Waals surface area contributed by atoms with Crippen LogP contribution in [-0.2, 0) is 10.0 Å². The predicted molar refractivity (Wildman–Crippen MR) is 145 cm³/mol. The normalized spacial score (nSPS) is 10.9. The molecule has 1 amide bonds. The lowest BCUT2D eigenvalue weighted by molar-refractivity contribution is 0.0978. The zero-order chi connectivity index (χ0) is 28.3. The van der Waals surface area contributed by atoms with Gasteiger partial charge in [0, 0.05) is 5.56 Å². The van der Waals surface area contributed by atoms with E-state index in [1.165, 1.54) is 31.4 Å². The minimum absolute atomic E-state index is 0.0106. The van der Waals surface area contributed by atoms with Crippen LogP contribution in [0.25, 0.3) is 11.3 Å². The van der Waals surface area contributed by atoms with Gasteiger partial charge in [0.15, 0.2) is 5.03 Å². The zero-order valence-electron chi connectivity index (χ0n) is 21.6. The number of aryl methyl sites for hydroxylation is 3. The van der Waals surface area contributed by atoms with Crippen LogP contribution in [0.5, 0.6) is 17.4 Å². The van der Waals surface area contributed by atoms with Crippen LogP contribution in [0.3, 0.4) is 0 Å². The molecule has 0 saturated carbocycles. The van der Waals surface area contributed by atoms with Crippen molar-refractivity contribution in [1.29, 1.82) is 5.26 Å². The van der Waals surface area contributed by atoms with Crippen LogP contribution in [0.1, 0.15) is 32.6 Å². The molecule has 0 unspecified atom stereocenters. The van der Waals surface area contributed by atoms with Crippen molar-refractivity contribution < 1.29 is 22.7 Å². The van der Waals surface area contributed by atoms with Crippen molar-refractivity contribution in [2.75, 3.05) is 12.8 Å². The summed E-state index contributed by atoms with van der Waals surface area (Å²) in [7, 11) is -2.89. The number of carbonyl (C=O) groups excluding carboxylic acids is 1. The Bertz CT molecular complexity index is 1720. The van der Waals surface area contributed by atoms with E-state index in [0.29, 0.717) is 28.3 Å². The average molecular weight is 544 g/mol. The van der Waals surface area contributed by atoms with E-state index in [1.807, 2.05) is 37.6 Å². The fourth-order valence-corrected chi connectivity index (χ4v) is 4.97. The van der Waals surface area contributed by atoms with Gasteiger partial charge in [0.2, 0.25) is 5.88 Å². The number of anilines is 1. The summed E-state index contributed by atoms with van der Waals surface area (Å²) in [6, 6.07) is 17.9. The van der Waals surface area contributed by atoms with Gasteiger partial charge in [-0.05, 0) is 68.3 Å². The molecule has 2 heterocycles. The summed E-state index contributed by atoms with van der Waals surface area (Å²) in [5.74, 6) is -0.250. The van der Waals surface area contributed by atoms with Crippen LogP contribution in [0.15, 0.2) is 65.7 Å². The number of nitrogens with one attached hydrogen (secondary N) is 1. The molecule has 0 spiro atoms. The molecule has 0 saturated heterocycles. The van der Waals surface area contributed by atoms with Crippen LogP contribution in [0.4, 0.5) is 5.82 Å². The van der Waals surface area contributed by atoms with Gasteiger partial charge in [-0.1, -0.05) is 29.8 Å². The van der Waals surface area contributed by atoms with E-state index >= 15 is 0 Å². The van der Waals surface area contributed by atoms with Gasteiger partial charge in [0.25, 0.3) is 15.9 Å². The van der Waals surface area contributed by atoms with Crippen LogP contribution in [0, 0.1) is 32.1 Å². The van der Waals surface area contributed by atoms with Crippen molar-refractivity contribution in [2.45, 2.75) is 25.8 Å². The number of carbonyl (C=O) groups is 1. The van der Waals surface area contributed by atoms with Gasteiger partial charge in [0.05, 0.1) is 18.4 Å². The number of rotatable bonds is 7. The third-order valence-corrected chi connectivity index (χ3v) is 7.01. The summed E-state index contributed by atoms with van der Waals surface area (Å²) in [4.78, 5) is 21.6. The van der Waals surface area contributed by atoms with Crippen LogP contribution >= 0.6 is 0 Å². The molecular weight excluding hydrogens is 518 g/mol. The summed E-state index contributed by atoms with van der Waals surface area (Å²) in [5.41, 5.74) is 9.49. The standard InChI is InChI=1S/C28H25N5O5S/c1-16-12-17(2)26(18(3)13-16)38-28-21(27(34)33-39(35,36)25-7-5-6-24(30)32-25)10-11-22(31-28)19-8-9-20(15-29)23(14-19)37-4/h5-14H,1-4H3,(H2,30,32)(H,33,34). The molecule has 3 N–H and O–H groups in total.